The Morgan fingerprint density at radius 2 is 2.00 bits per heavy atom. The first-order valence-corrected chi connectivity index (χ1v) is 4.85. The lowest BCUT2D eigenvalue weighted by molar-refractivity contribution is -0.147. The van der Waals surface area contributed by atoms with Crippen LogP contribution in [0.3, 0.4) is 0 Å². The van der Waals surface area contributed by atoms with Crippen molar-refractivity contribution in [1.82, 2.24) is 10.6 Å². The number of carboxylic acids is 1. The van der Waals surface area contributed by atoms with Crippen molar-refractivity contribution >= 4 is 18.0 Å². The number of methoxy groups -OCH3 is 1. The summed E-state index contributed by atoms with van der Waals surface area (Å²) in [4.78, 5) is 32.9. The van der Waals surface area contributed by atoms with Crippen molar-refractivity contribution < 1.29 is 24.2 Å². The zero-order chi connectivity index (χ0) is 13.4. The van der Waals surface area contributed by atoms with Crippen molar-refractivity contribution in [3.05, 3.63) is 12.2 Å². The molecule has 0 aromatic carbocycles. The van der Waals surface area contributed by atoms with Crippen molar-refractivity contribution in [3.63, 3.8) is 0 Å². The molecular formula is C10H16N2O5. The lowest BCUT2D eigenvalue weighted by Gasteiger charge is -2.13. The van der Waals surface area contributed by atoms with E-state index in [4.69, 9.17) is 5.11 Å². The molecule has 0 saturated carbocycles. The van der Waals surface area contributed by atoms with Crippen LogP contribution in [0.2, 0.25) is 0 Å². The summed E-state index contributed by atoms with van der Waals surface area (Å²) >= 11 is 0. The van der Waals surface area contributed by atoms with E-state index < -0.39 is 30.4 Å². The maximum absolute atomic E-state index is 11.3. The summed E-state index contributed by atoms with van der Waals surface area (Å²) in [6, 6.07) is -1.99. The fourth-order valence-electron chi connectivity index (χ4n) is 0.891. The van der Waals surface area contributed by atoms with Gasteiger partial charge in [0, 0.05) is 6.54 Å². The third-order valence-corrected chi connectivity index (χ3v) is 1.75. The number of hydrogen-bond acceptors (Lipinski definition) is 4. The number of esters is 1. The monoisotopic (exact) mass is 244 g/mol. The van der Waals surface area contributed by atoms with Gasteiger partial charge in [-0.3, -0.25) is 4.79 Å². The number of carbonyl (C=O) groups excluding carboxylic acids is 2. The second-order valence-electron chi connectivity index (χ2n) is 3.46. The van der Waals surface area contributed by atoms with Crippen LogP contribution in [0.25, 0.3) is 0 Å². The van der Waals surface area contributed by atoms with Gasteiger partial charge < -0.3 is 20.5 Å². The molecule has 0 spiro atoms. The van der Waals surface area contributed by atoms with Gasteiger partial charge in [0.1, 0.15) is 6.04 Å². The molecule has 0 aromatic heterocycles. The fourth-order valence-corrected chi connectivity index (χ4v) is 0.891. The molecule has 17 heavy (non-hydrogen) atoms. The van der Waals surface area contributed by atoms with Gasteiger partial charge in [-0.2, -0.15) is 0 Å². The van der Waals surface area contributed by atoms with Gasteiger partial charge >= 0.3 is 18.0 Å². The highest BCUT2D eigenvalue weighted by molar-refractivity contribution is 5.86. The van der Waals surface area contributed by atoms with E-state index in [1.807, 2.05) is 0 Å². The van der Waals surface area contributed by atoms with E-state index in [-0.39, 0.29) is 6.54 Å². The number of carbonyl (C=O) groups is 3. The van der Waals surface area contributed by atoms with Gasteiger partial charge in [0.15, 0.2) is 0 Å². The number of amides is 2. The molecule has 0 aliphatic carbocycles. The summed E-state index contributed by atoms with van der Waals surface area (Å²) in [7, 11) is 1.14. The molecule has 0 rings (SSSR count). The van der Waals surface area contributed by atoms with Gasteiger partial charge in [0.2, 0.25) is 0 Å². The van der Waals surface area contributed by atoms with Crippen molar-refractivity contribution in [1.29, 1.82) is 0 Å². The van der Waals surface area contributed by atoms with E-state index in [9.17, 15) is 14.4 Å². The van der Waals surface area contributed by atoms with E-state index in [2.05, 4.69) is 21.9 Å². The number of rotatable bonds is 6. The van der Waals surface area contributed by atoms with E-state index in [0.29, 0.717) is 0 Å². The molecule has 0 bridgehead atoms. The number of hydrogen-bond donors (Lipinski definition) is 3. The Bertz CT molecular complexity index is 327. The molecular weight excluding hydrogens is 228 g/mol. The summed E-state index contributed by atoms with van der Waals surface area (Å²) in [6.07, 6.45) is -0.424. The minimum atomic E-state index is -1.31. The second kappa shape index (κ2) is 7.26. The second-order valence-corrected chi connectivity index (χ2v) is 3.46. The third kappa shape index (κ3) is 6.93. The van der Waals surface area contributed by atoms with Gasteiger partial charge in [-0.15, -0.1) is 0 Å². The Labute approximate surface area is 98.8 Å². The van der Waals surface area contributed by atoms with Gasteiger partial charge in [-0.05, 0) is 6.92 Å². The first kappa shape index (κ1) is 14.9. The topological polar surface area (TPSA) is 105 Å². The minimum absolute atomic E-state index is 0.233. The molecule has 0 radical (unpaired) electrons. The van der Waals surface area contributed by atoms with E-state index in [1.165, 1.54) is 0 Å². The molecule has 7 heteroatoms. The normalized spacial score (nSPS) is 11.2. The fraction of sp³-hybridized carbons (Fsp3) is 0.500. The SMILES string of the molecule is C=C(C)CNC(=O)N[C@@H](CC(=O)OC)C(=O)O. The standard InChI is InChI=1S/C10H16N2O5/c1-6(2)5-11-10(16)12-7(9(14)15)4-8(13)17-3/h7H,1,4-5H2,2-3H3,(H,14,15)(H2,11,12,16)/t7-/m0/s1. The average Bonchev–Trinajstić information content (AvgIpc) is 2.25. The smallest absolute Gasteiger partial charge is 0.326 e. The number of ether oxygens (including phenoxy) is 1. The Kier molecular flexibility index (Phi) is 6.39. The predicted octanol–water partition coefficient (Wildman–Crippen LogP) is -0.122. The highest BCUT2D eigenvalue weighted by Crippen LogP contribution is 1.95. The summed E-state index contributed by atoms with van der Waals surface area (Å²) in [5.41, 5.74) is 0.722. The van der Waals surface area contributed by atoms with E-state index >= 15 is 0 Å². The van der Waals surface area contributed by atoms with Crippen LogP contribution in [-0.2, 0) is 14.3 Å². The van der Waals surface area contributed by atoms with Crippen LogP contribution >= 0.6 is 0 Å². The summed E-state index contributed by atoms with van der Waals surface area (Å²) in [6.45, 7) is 5.51. The quantitative estimate of drug-likeness (QED) is 0.446. The molecule has 2 amide bonds. The zero-order valence-electron chi connectivity index (χ0n) is 9.78. The first-order valence-electron chi connectivity index (χ1n) is 4.85. The van der Waals surface area contributed by atoms with Crippen molar-refractivity contribution in [3.8, 4) is 0 Å². The Balaban J connectivity index is 4.25. The summed E-state index contributed by atoms with van der Waals surface area (Å²) in [5.74, 6) is -2.02. The highest BCUT2D eigenvalue weighted by Gasteiger charge is 2.23. The van der Waals surface area contributed by atoms with Crippen molar-refractivity contribution in [2.24, 2.45) is 0 Å². The molecule has 7 nitrogen and oxygen atoms in total. The minimum Gasteiger partial charge on any atom is -0.480 e. The Hall–Kier alpha value is -2.05. The molecule has 1 atom stereocenters. The van der Waals surface area contributed by atoms with Gasteiger partial charge in [-0.1, -0.05) is 12.2 Å². The molecule has 0 unspecified atom stereocenters. The molecule has 96 valence electrons. The number of nitrogens with one attached hydrogen (secondary N) is 2. The molecule has 0 saturated heterocycles. The number of aliphatic carboxylic acids is 1. The van der Waals surface area contributed by atoms with Crippen LogP contribution in [-0.4, -0.2) is 42.8 Å². The maximum atomic E-state index is 11.3. The maximum Gasteiger partial charge on any atom is 0.326 e. The average molecular weight is 244 g/mol. The predicted molar refractivity (Wildman–Crippen MR) is 59.4 cm³/mol. The van der Waals surface area contributed by atoms with Gasteiger partial charge in [0.05, 0.1) is 13.5 Å². The molecule has 3 N–H and O–H groups in total. The van der Waals surface area contributed by atoms with Gasteiger partial charge in [0.25, 0.3) is 0 Å². The van der Waals surface area contributed by atoms with Crippen molar-refractivity contribution in [2.75, 3.05) is 13.7 Å². The molecule has 0 aliphatic heterocycles. The Morgan fingerprint density at radius 1 is 1.41 bits per heavy atom. The van der Waals surface area contributed by atoms with Crippen LogP contribution in [0, 0.1) is 0 Å². The largest absolute Gasteiger partial charge is 0.480 e. The first-order chi connectivity index (χ1) is 7.86. The van der Waals surface area contributed by atoms with E-state index in [1.54, 1.807) is 6.92 Å². The van der Waals surface area contributed by atoms with Crippen molar-refractivity contribution in [2.45, 2.75) is 19.4 Å². The summed E-state index contributed by atoms with van der Waals surface area (Å²) in [5, 5.41) is 13.3. The lowest BCUT2D eigenvalue weighted by Crippen LogP contribution is -2.47. The van der Waals surface area contributed by atoms with Crippen LogP contribution in [0.4, 0.5) is 4.79 Å². The van der Waals surface area contributed by atoms with E-state index in [0.717, 1.165) is 12.7 Å². The Morgan fingerprint density at radius 3 is 2.41 bits per heavy atom. The number of urea groups is 1. The zero-order valence-corrected chi connectivity index (χ0v) is 9.78. The van der Waals surface area contributed by atoms with Crippen LogP contribution in [0.5, 0.6) is 0 Å². The van der Waals surface area contributed by atoms with Gasteiger partial charge in [-0.25, -0.2) is 9.59 Å². The molecule has 0 aromatic rings. The molecule has 0 aliphatic rings. The highest BCUT2D eigenvalue weighted by atomic mass is 16.5. The third-order valence-electron chi connectivity index (χ3n) is 1.75. The van der Waals surface area contributed by atoms with Crippen LogP contribution < -0.4 is 10.6 Å². The molecule has 0 heterocycles. The van der Waals surface area contributed by atoms with Crippen LogP contribution in [0.15, 0.2) is 12.2 Å². The number of carboxylic acid groups (broad SMARTS) is 1. The lowest BCUT2D eigenvalue weighted by atomic mass is 10.2. The summed E-state index contributed by atoms with van der Waals surface area (Å²) < 4.78 is 4.32. The molecule has 0 fully saturated rings. The van der Waals surface area contributed by atoms with Crippen LogP contribution in [0.1, 0.15) is 13.3 Å².